The van der Waals surface area contributed by atoms with E-state index < -0.39 is 17.7 Å². The van der Waals surface area contributed by atoms with Crippen LogP contribution in [0.2, 0.25) is 0 Å². The second-order valence-electron chi connectivity index (χ2n) is 6.90. The molecule has 7 heteroatoms. The van der Waals surface area contributed by atoms with Gasteiger partial charge in [0.1, 0.15) is 5.60 Å². The van der Waals surface area contributed by atoms with Gasteiger partial charge in [0.2, 0.25) is 0 Å². The highest BCUT2D eigenvalue weighted by Gasteiger charge is 2.30. The van der Waals surface area contributed by atoms with Crippen molar-refractivity contribution in [3.63, 3.8) is 0 Å². The molecular formula is C15H28N2O5. The molecule has 0 aromatic carbocycles. The first-order valence-electron chi connectivity index (χ1n) is 7.74. The standard InChI is InChI=1S/C15H28N2O5/c1-15(2,3)22-14(21)16-12-7-11(5-4-6-18)8-17(9-12)10-13(19)20/h11-12,18H,4-10H2,1-3H3,(H,16,21)(H,19,20). The molecule has 0 saturated carbocycles. The second kappa shape index (κ2) is 8.33. The van der Waals surface area contributed by atoms with Gasteiger partial charge in [-0.15, -0.1) is 0 Å². The highest BCUT2D eigenvalue weighted by Crippen LogP contribution is 2.21. The number of carbonyl (C=O) groups excluding carboxylic acids is 1. The average molecular weight is 316 g/mol. The molecule has 0 aliphatic carbocycles. The van der Waals surface area contributed by atoms with E-state index in [2.05, 4.69) is 5.32 Å². The predicted molar refractivity (Wildman–Crippen MR) is 81.7 cm³/mol. The molecule has 0 aromatic heterocycles. The average Bonchev–Trinajstić information content (AvgIpc) is 2.32. The molecule has 0 aromatic rings. The Morgan fingerprint density at radius 2 is 2.00 bits per heavy atom. The second-order valence-corrected chi connectivity index (χ2v) is 6.90. The Balaban J connectivity index is 2.58. The van der Waals surface area contributed by atoms with E-state index in [4.69, 9.17) is 14.9 Å². The summed E-state index contributed by atoms with van der Waals surface area (Å²) in [6.45, 7) is 6.67. The van der Waals surface area contributed by atoms with E-state index in [1.54, 1.807) is 20.8 Å². The number of carbonyl (C=O) groups is 2. The van der Waals surface area contributed by atoms with Crippen LogP contribution in [0.15, 0.2) is 0 Å². The number of likely N-dealkylation sites (tertiary alicyclic amines) is 1. The molecule has 0 radical (unpaired) electrons. The number of aliphatic hydroxyl groups excluding tert-OH is 1. The van der Waals surface area contributed by atoms with Gasteiger partial charge in [-0.2, -0.15) is 0 Å². The van der Waals surface area contributed by atoms with Crippen molar-refractivity contribution in [2.75, 3.05) is 26.2 Å². The molecule has 22 heavy (non-hydrogen) atoms. The van der Waals surface area contributed by atoms with Gasteiger partial charge in [-0.1, -0.05) is 0 Å². The number of carboxylic acids is 1. The van der Waals surface area contributed by atoms with E-state index in [1.165, 1.54) is 0 Å². The number of piperidine rings is 1. The number of ether oxygens (including phenoxy) is 1. The largest absolute Gasteiger partial charge is 0.480 e. The summed E-state index contributed by atoms with van der Waals surface area (Å²) in [5.74, 6) is -0.612. The number of aliphatic hydroxyl groups is 1. The molecule has 1 fully saturated rings. The van der Waals surface area contributed by atoms with Crippen LogP contribution in [0.1, 0.15) is 40.0 Å². The van der Waals surface area contributed by atoms with Crippen molar-refractivity contribution in [1.29, 1.82) is 0 Å². The van der Waals surface area contributed by atoms with Crippen LogP contribution in [0.3, 0.4) is 0 Å². The molecule has 1 aliphatic heterocycles. The molecule has 1 saturated heterocycles. The molecule has 1 rings (SSSR count). The minimum atomic E-state index is -0.876. The number of amides is 1. The Morgan fingerprint density at radius 1 is 1.32 bits per heavy atom. The Labute approximate surface area is 131 Å². The molecule has 7 nitrogen and oxygen atoms in total. The molecule has 0 spiro atoms. The van der Waals surface area contributed by atoms with Crippen LogP contribution >= 0.6 is 0 Å². The van der Waals surface area contributed by atoms with Crippen molar-refractivity contribution in [3.05, 3.63) is 0 Å². The lowest BCUT2D eigenvalue weighted by Crippen LogP contribution is -2.52. The van der Waals surface area contributed by atoms with Gasteiger partial charge in [-0.3, -0.25) is 9.69 Å². The fraction of sp³-hybridized carbons (Fsp3) is 0.867. The normalized spacial score (nSPS) is 23.1. The van der Waals surface area contributed by atoms with E-state index in [9.17, 15) is 9.59 Å². The third kappa shape index (κ3) is 7.61. The zero-order chi connectivity index (χ0) is 16.8. The number of carboxylic acid groups (broad SMARTS) is 1. The van der Waals surface area contributed by atoms with E-state index in [0.717, 1.165) is 12.8 Å². The third-order valence-electron chi connectivity index (χ3n) is 3.46. The van der Waals surface area contributed by atoms with Crippen molar-refractivity contribution in [1.82, 2.24) is 10.2 Å². The summed E-state index contributed by atoms with van der Waals surface area (Å²) in [6.07, 6.45) is 1.80. The smallest absolute Gasteiger partial charge is 0.407 e. The van der Waals surface area contributed by atoms with E-state index in [1.807, 2.05) is 4.90 Å². The Hall–Kier alpha value is -1.34. The minimum Gasteiger partial charge on any atom is -0.480 e. The summed E-state index contributed by atoms with van der Waals surface area (Å²) in [5, 5.41) is 20.7. The first kappa shape index (κ1) is 18.7. The molecule has 0 bridgehead atoms. The lowest BCUT2D eigenvalue weighted by atomic mass is 9.90. The van der Waals surface area contributed by atoms with Crippen molar-refractivity contribution in [3.8, 4) is 0 Å². The SMILES string of the molecule is CC(C)(C)OC(=O)NC1CC(CCCO)CN(CC(=O)O)C1. The van der Waals surface area contributed by atoms with Crippen LogP contribution in [0, 0.1) is 5.92 Å². The van der Waals surface area contributed by atoms with Crippen LogP contribution in [0.25, 0.3) is 0 Å². The van der Waals surface area contributed by atoms with Crippen LogP contribution in [0.4, 0.5) is 4.79 Å². The molecular weight excluding hydrogens is 288 g/mol. The van der Waals surface area contributed by atoms with E-state index >= 15 is 0 Å². The maximum atomic E-state index is 11.9. The van der Waals surface area contributed by atoms with Gasteiger partial charge in [0.05, 0.1) is 6.54 Å². The minimum absolute atomic E-state index is 0.0396. The topological polar surface area (TPSA) is 99.1 Å². The Kier molecular flexibility index (Phi) is 7.09. The number of nitrogens with one attached hydrogen (secondary N) is 1. The maximum Gasteiger partial charge on any atom is 0.407 e. The Morgan fingerprint density at radius 3 is 2.55 bits per heavy atom. The fourth-order valence-electron chi connectivity index (χ4n) is 2.79. The highest BCUT2D eigenvalue weighted by atomic mass is 16.6. The van der Waals surface area contributed by atoms with Gasteiger partial charge in [-0.05, 0) is 46.0 Å². The molecule has 128 valence electrons. The van der Waals surface area contributed by atoms with Crippen molar-refractivity contribution in [2.45, 2.75) is 51.7 Å². The van der Waals surface area contributed by atoms with Gasteiger partial charge in [0, 0.05) is 25.7 Å². The summed E-state index contributed by atoms with van der Waals surface area (Å²) < 4.78 is 5.25. The van der Waals surface area contributed by atoms with Crippen molar-refractivity contribution >= 4 is 12.1 Å². The maximum absolute atomic E-state index is 11.9. The first-order valence-corrected chi connectivity index (χ1v) is 7.74. The van der Waals surface area contributed by atoms with Crippen molar-refractivity contribution in [2.24, 2.45) is 5.92 Å². The van der Waals surface area contributed by atoms with Crippen LogP contribution in [-0.2, 0) is 9.53 Å². The van der Waals surface area contributed by atoms with Crippen LogP contribution < -0.4 is 5.32 Å². The highest BCUT2D eigenvalue weighted by molar-refractivity contribution is 5.69. The summed E-state index contributed by atoms with van der Waals surface area (Å²) in [4.78, 5) is 24.6. The summed E-state index contributed by atoms with van der Waals surface area (Å²) in [7, 11) is 0. The zero-order valence-corrected chi connectivity index (χ0v) is 13.7. The molecule has 2 atom stereocenters. The van der Waals surface area contributed by atoms with E-state index in [-0.39, 0.29) is 25.1 Å². The van der Waals surface area contributed by atoms with Crippen LogP contribution in [0.5, 0.6) is 0 Å². The number of hydrogen-bond donors (Lipinski definition) is 3. The quantitative estimate of drug-likeness (QED) is 0.677. The molecule has 2 unspecified atom stereocenters. The number of aliphatic carboxylic acids is 1. The third-order valence-corrected chi connectivity index (χ3v) is 3.46. The zero-order valence-electron chi connectivity index (χ0n) is 13.7. The summed E-state index contributed by atoms with van der Waals surface area (Å²) >= 11 is 0. The molecule has 1 aliphatic rings. The molecule has 1 heterocycles. The van der Waals surface area contributed by atoms with Crippen LogP contribution in [-0.4, -0.2) is 65.1 Å². The van der Waals surface area contributed by atoms with E-state index in [0.29, 0.717) is 19.5 Å². The van der Waals surface area contributed by atoms with Crippen molar-refractivity contribution < 1.29 is 24.5 Å². The number of nitrogens with zero attached hydrogens (tertiary/aromatic N) is 1. The molecule has 1 amide bonds. The lowest BCUT2D eigenvalue weighted by Gasteiger charge is -2.37. The fourth-order valence-corrected chi connectivity index (χ4v) is 2.79. The number of rotatable bonds is 6. The monoisotopic (exact) mass is 316 g/mol. The summed E-state index contributed by atoms with van der Waals surface area (Å²) in [5.41, 5.74) is -0.560. The Bertz CT molecular complexity index is 381. The van der Waals surface area contributed by atoms with Gasteiger partial charge in [0.15, 0.2) is 0 Å². The lowest BCUT2D eigenvalue weighted by molar-refractivity contribution is -0.138. The molecule has 3 N–H and O–H groups in total. The summed E-state index contributed by atoms with van der Waals surface area (Å²) in [6, 6.07) is -0.133. The van der Waals surface area contributed by atoms with Gasteiger partial charge >= 0.3 is 12.1 Å². The van der Waals surface area contributed by atoms with Gasteiger partial charge in [0.25, 0.3) is 0 Å². The van der Waals surface area contributed by atoms with Gasteiger partial charge in [-0.25, -0.2) is 4.79 Å². The predicted octanol–water partition coefficient (Wildman–Crippen LogP) is 1.06. The van der Waals surface area contributed by atoms with Gasteiger partial charge < -0.3 is 20.3 Å². The first-order chi connectivity index (χ1) is 10.2. The number of alkyl carbamates (subject to hydrolysis) is 1. The number of hydrogen-bond acceptors (Lipinski definition) is 5.